The number of rotatable bonds is 7. The summed E-state index contributed by atoms with van der Waals surface area (Å²) in [5.41, 5.74) is 0.901. The topological polar surface area (TPSA) is 122 Å². The Morgan fingerprint density at radius 2 is 1.89 bits per heavy atom. The smallest absolute Gasteiger partial charge is 0.324 e. The Morgan fingerprint density at radius 1 is 1.26 bits per heavy atom. The zero-order valence-corrected chi connectivity index (χ0v) is 16.2. The molecule has 1 aliphatic rings. The maximum absolute atomic E-state index is 12.5. The van der Waals surface area contributed by atoms with Crippen molar-refractivity contribution in [3.63, 3.8) is 0 Å². The predicted octanol–water partition coefficient (Wildman–Crippen LogP) is 0.393. The van der Waals surface area contributed by atoms with Crippen LogP contribution in [-0.2, 0) is 24.3 Å². The van der Waals surface area contributed by atoms with Crippen molar-refractivity contribution in [2.75, 3.05) is 19.7 Å². The van der Waals surface area contributed by atoms with Gasteiger partial charge < -0.3 is 10.1 Å². The fraction of sp³-hybridized carbons (Fsp3) is 0.471. The van der Waals surface area contributed by atoms with Crippen LogP contribution in [0, 0.1) is 12.8 Å². The number of urea groups is 1. The van der Waals surface area contributed by atoms with Crippen LogP contribution in [0.15, 0.2) is 29.2 Å². The van der Waals surface area contributed by atoms with Gasteiger partial charge in [-0.15, -0.1) is 0 Å². The first-order valence-electron chi connectivity index (χ1n) is 8.45. The van der Waals surface area contributed by atoms with Crippen LogP contribution in [0.2, 0.25) is 0 Å². The van der Waals surface area contributed by atoms with E-state index >= 15 is 0 Å². The van der Waals surface area contributed by atoms with E-state index in [9.17, 15) is 22.8 Å². The van der Waals surface area contributed by atoms with Gasteiger partial charge in [-0.25, -0.2) is 13.2 Å². The molecule has 0 aliphatic carbocycles. The van der Waals surface area contributed by atoms with Gasteiger partial charge >= 0.3 is 12.0 Å². The normalized spacial score (nSPS) is 15.6. The quantitative estimate of drug-likeness (QED) is 0.642. The molecule has 0 bridgehead atoms. The van der Waals surface area contributed by atoms with E-state index in [1.54, 1.807) is 26.0 Å². The van der Waals surface area contributed by atoms with Crippen molar-refractivity contribution in [3.8, 4) is 0 Å². The summed E-state index contributed by atoms with van der Waals surface area (Å²) in [5.74, 6) is -1.96. The summed E-state index contributed by atoms with van der Waals surface area (Å²) in [4.78, 5) is 36.7. The van der Waals surface area contributed by atoms with Gasteiger partial charge in [0.05, 0.1) is 4.90 Å². The van der Waals surface area contributed by atoms with Gasteiger partial charge in [0, 0.05) is 13.1 Å². The largest absolute Gasteiger partial charge is 0.454 e. The monoisotopic (exact) mass is 397 g/mol. The number of benzene rings is 1. The molecular formula is C17H23N3O6S. The lowest BCUT2D eigenvalue weighted by molar-refractivity contribution is -0.153. The summed E-state index contributed by atoms with van der Waals surface area (Å²) in [6, 6.07) is 4.47. The highest BCUT2D eigenvalue weighted by molar-refractivity contribution is 7.89. The summed E-state index contributed by atoms with van der Waals surface area (Å²) in [5, 5.41) is 2.47. The number of aryl methyl sites for hydroxylation is 1. The summed E-state index contributed by atoms with van der Waals surface area (Å²) >= 11 is 0. The second-order valence-electron chi connectivity index (χ2n) is 6.54. The molecule has 0 spiro atoms. The standard InChI is InChI=1S/C17H23N3O6S/c1-11(2)15(19-27(24,25)13-6-4-12(3)5-7-13)16(22)26-10-14(21)20-9-8-18-17(20)23/h4-7,11,15,19H,8-10H2,1-3H3,(H,18,23). The minimum absolute atomic E-state index is 0.0244. The molecule has 0 aromatic heterocycles. The number of nitrogens with one attached hydrogen (secondary N) is 2. The minimum atomic E-state index is -3.94. The predicted molar refractivity (Wildman–Crippen MR) is 96.2 cm³/mol. The fourth-order valence-corrected chi connectivity index (χ4v) is 3.75. The van der Waals surface area contributed by atoms with Gasteiger partial charge in [0.15, 0.2) is 6.61 Å². The third-order valence-electron chi connectivity index (χ3n) is 4.03. The van der Waals surface area contributed by atoms with E-state index in [0.29, 0.717) is 6.54 Å². The third kappa shape index (κ3) is 5.27. The molecule has 1 heterocycles. The van der Waals surface area contributed by atoms with Gasteiger partial charge in [0.1, 0.15) is 6.04 Å². The van der Waals surface area contributed by atoms with Gasteiger partial charge in [0.2, 0.25) is 10.0 Å². The third-order valence-corrected chi connectivity index (χ3v) is 5.49. The summed E-state index contributed by atoms with van der Waals surface area (Å²) < 4.78 is 32.3. The molecule has 10 heteroatoms. The molecule has 1 aliphatic heterocycles. The molecule has 9 nitrogen and oxygen atoms in total. The summed E-state index contributed by atoms with van der Waals surface area (Å²) in [7, 11) is -3.94. The van der Waals surface area contributed by atoms with Crippen molar-refractivity contribution < 1.29 is 27.5 Å². The molecule has 1 aromatic carbocycles. The first-order chi connectivity index (χ1) is 12.6. The average Bonchev–Trinajstić information content (AvgIpc) is 3.03. The number of amides is 3. The average molecular weight is 397 g/mol. The van der Waals surface area contributed by atoms with Crippen molar-refractivity contribution in [1.29, 1.82) is 0 Å². The summed E-state index contributed by atoms with van der Waals surface area (Å²) in [6.07, 6.45) is 0. The second kappa shape index (κ2) is 8.49. The van der Waals surface area contributed by atoms with Crippen LogP contribution in [0.1, 0.15) is 19.4 Å². The Morgan fingerprint density at radius 3 is 2.41 bits per heavy atom. The highest BCUT2D eigenvalue weighted by Crippen LogP contribution is 2.14. The lowest BCUT2D eigenvalue weighted by atomic mass is 10.1. The zero-order chi connectivity index (χ0) is 20.2. The number of nitrogens with zero attached hydrogens (tertiary/aromatic N) is 1. The Hall–Kier alpha value is -2.46. The van der Waals surface area contributed by atoms with E-state index in [-0.39, 0.29) is 11.4 Å². The molecule has 27 heavy (non-hydrogen) atoms. The van der Waals surface area contributed by atoms with Crippen molar-refractivity contribution in [2.45, 2.75) is 31.7 Å². The Bertz CT molecular complexity index is 820. The van der Waals surface area contributed by atoms with E-state index in [0.717, 1.165) is 10.5 Å². The molecule has 0 radical (unpaired) electrons. The molecule has 1 unspecified atom stereocenters. The minimum Gasteiger partial charge on any atom is -0.454 e. The molecule has 1 atom stereocenters. The number of carbonyl (C=O) groups is 3. The Kier molecular flexibility index (Phi) is 6.55. The maximum atomic E-state index is 12.5. The van der Waals surface area contributed by atoms with Crippen LogP contribution in [-0.4, -0.2) is 57.0 Å². The van der Waals surface area contributed by atoms with Crippen molar-refractivity contribution in [2.24, 2.45) is 5.92 Å². The van der Waals surface area contributed by atoms with Crippen LogP contribution in [0.25, 0.3) is 0 Å². The maximum Gasteiger partial charge on any atom is 0.324 e. The van der Waals surface area contributed by atoms with Crippen molar-refractivity contribution >= 4 is 27.9 Å². The molecule has 3 amide bonds. The molecule has 2 rings (SSSR count). The van der Waals surface area contributed by atoms with Crippen molar-refractivity contribution in [1.82, 2.24) is 14.9 Å². The molecule has 148 valence electrons. The van der Waals surface area contributed by atoms with E-state index in [1.165, 1.54) is 12.1 Å². The van der Waals surface area contributed by atoms with Gasteiger partial charge in [-0.3, -0.25) is 14.5 Å². The number of sulfonamides is 1. The van der Waals surface area contributed by atoms with E-state index in [2.05, 4.69) is 10.0 Å². The lowest BCUT2D eigenvalue weighted by Gasteiger charge is -2.21. The highest BCUT2D eigenvalue weighted by Gasteiger charge is 2.32. The first-order valence-corrected chi connectivity index (χ1v) is 9.94. The summed E-state index contributed by atoms with van der Waals surface area (Å²) in [6.45, 7) is 5.03. The van der Waals surface area contributed by atoms with Crippen LogP contribution < -0.4 is 10.0 Å². The van der Waals surface area contributed by atoms with Crippen LogP contribution >= 0.6 is 0 Å². The Balaban J connectivity index is 2.03. The zero-order valence-electron chi connectivity index (χ0n) is 15.4. The first kappa shape index (κ1) is 20.8. The molecule has 1 saturated heterocycles. The van der Waals surface area contributed by atoms with Gasteiger partial charge in [-0.05, 0) is 25.0 Å². The van der Waals surface area contributed by atoms with Gasteiger partial charge in [-0.2, -0.15) is 4.72 Å². The molecule has 1 fully saturated rings. The van der Waals surface area contributed by atoms with Gasteiger partial charge in [-0.1, -0.05) is 31.5 Å². The fourth-order valence-electron chi connectivity index (χ4n) is 2.42. The second-order valence-corrected chi connectivity index (χ2v) is 8.26. The molecular weight excluding hydrogens is 374 g/mol. The van der Waals surface area contributed by atoms with Crippen molar-refractivity contribution in [3.05, 3.63) is 29.8 Å². The SMILES string of the molecule is Cc1ccc(S(=O)(=O)NC(C(=O)OCC(=O)N2CCNC2=O)C(C)C)cc1. The highest BCUT2D eigenvalue weighted by atomic mass is 32.2. The number of imide groups is 1. The van der Waals surface area contributed by atoms with Crippen LogP contribution in [0.4, 0.5) is 4.79 Å². The van der Waals surface area contributed by atoms with Gasteiger partial charge in [0.25, 0.3) is 5.91 Å². The lowest BCUT2D eigenvalue weighted by Crippen LogP contribution is -2.46. The van der Waals surface area contributed by atoms with Crippen LogP contribution in [0.5, 0.6) is 0 Å². The van der Waals surface area contributed by atoms with E-state index in [1.807, 2.05) is 6.92 Å². The van der Waals surface area contributed by atoms with E-state index < -0.39 is 46.5 Å². The number of carbonyl (C=O) groups excluding carboxylic acids is 3. The van der Waals surface area contributed by atoms with E-state index in [4.69, 9.17) is 4.74 Å². The molecule has 1 aromatic rings. The number of ether oxygens (including phenoxy) is 1. The molecule has 0 saturated carbocycles. The number of hydrogen-bond donors (Lipinski definition) is 2. The van der Waals surface area contributed by atoms with Crippen LogP contribution in [0.3, 0.4) is 0 Å². The molecule has 2 N–H and O–H groups in total. The number of esters is 1. The number of hydrogen-bond acceptors (Lipinski definition) is 6. The Labute approximate surface area is 158 Å².